The predicted molar refractivity (Wildman–Crippen MR) is 129 cm³/mol. The Hall–Kier alpha value is -3.88. The monoisotopic (exact) mass is 462 g/mol. The van der Waals surface area contributed by atoms with Crippen LogP contribution in [0.1, 0.15) is 18.1 Å². The number of nitrogens with one attached hydrogen (secondary N) is 3. The van der Waals surface area contributed by atoms with Crippen LogP contribution >= 0.6 is 0 Å². The van der Waals surface area contributed by atoms with Crippen molar-refractivity contribution in [3.05, 3.63) is 59.8 Å². The minimum Gasteiger partial charge on any atom is -0.366 e. The smallest absolute Gasteiger partial charge is 0.227 e. The molecule has 4 heterocycles. The zero-order chi connectivity index (χ0) is 23.7. The van der Waals surface area contributed by atoms with Gasteiger partial charge < -0.3 is 25.1 Å². The van der Waals surface area contributed by atoms with E-state index in [1.807, 2.05) is 29.4 Å². The summed E-state index contributed by atoms with van der Waals surface area (Å²) in [6.45, 7) is 4.39. The van der Waals surface area contributed by atoms with Crippen molar-refractivity contribution in [2.75, 3.05) is 37.6 Å². The average molecular weight is 463 g/mol. The van der Waals surface area contributed by atoms with E-state index in [2.05, 4.69) is 25.2 Å². The molecule has 0 aliphatic carbocycles. The van der Waals surface area contributed by atoms with E-state index in [4.69, 9.17) is 0 Å². The number of nitrogens with zero attached hydrogens (tertiary/aromatic N) is 3. The summed E-state index contributed by atoms with van der Waals surface area (Å²) in [5.41, 5.74) is 4.38. The lowest BCUT2D eigenvalue weighted by atomic mass is 10.1. The van der Waals surface area contributed by atoms with Crippen molar-refractivity contribution in [3.63, 3.8) is 0 Å². The van der Waals surface area contributed by atoms with Crippen LogP contribution in [-0.2, 0) is 22.4 Å². The van der Waals surface area contributed by atoms with Gasteiger partial charge in [-0.3, -0.25) is 9.59 Å². The van der Waals surface area contributed by atoms with Crippen LogP contribution in [0.4, 0.5) is 10.1 Å². The molecule has 4 aromatic rings. The summed E-state index contributed by atoms with van der Waals surface area (Å²) in [5.74, 6) is -0.302. The van der Waals surface area contributed by atoms with Gasteiger partial charge in [0.05, 0.1) is 17.6 Å². The topological polar surface area (TPSA) is 97.1 Å². The number of H-pyrrole nitrogens is 2. The number of anilines is 1. The second kappa shape index (κ2) is 9.17. The van der Waals surface area contributed by atoms with Crippen LogP contribution in [0, 0.1) is 5.82 Å². The zero-order valence-electron chi connectivity index (χ0n) is 19.0. The largest absolute Gasteiger partial charge is 0.366 e. The fourth-order valence-corrected chi connectivity index (χ4v) is 4.69. The first-order valence-electron chi connectivity index (χ1n) is 11.5. The Balaban J connectivity index is 1.27. The standard InChI is InChI=1S/C25H27FN6O2/c1-16(33)27-6-4-17-14-29-24-21(17)12-19(26)13-22(24)31-7-9-32(10-8-31)23(34)11-18-15-30-25-20(18)3-2-5-28-25/h2-3,5,12-15,29H,4,6-11H2,1H3,(H,27,33)(H,28,30). The Morgan fingerprint density at radius 3 is 2.68 bits per heavy atom. The van der Waals surface area contributed by atoms with Gasteiger partial charge in [0.15, 0.2) is 0 Å². The number of aromatic amines is 2. The third-order valence-corrected chi connectivity index (χ3v) is 6.44. The number of hydrogen-bond donors (Lipinski definition) is 3. The van der Waals surface area contributed by atoms with Gasteiger partial charge >= 0.3 is 0 Å². The van der Waals surface area contributed by atoms with Crippen LogP contribution < -0.4 is 10.2 Å². The second-order valence-electron chi connectivity index (χ2n) is 8.65. The van der Waals surface area contributed by atoms with Gasteiger partial charge in [0.2, 0.25) is 11.8 Å². The fraction of sp³-hybridized carbons (Fsp3) is 0.320. The van der Waals surface area contributed by atoms with Gasteiger partial charge in [-0.1, -0.05) is 0 Å². The quantitative estimate of drug-likeness (QED) is 0.411. The maximum atomic E-state index is 14.5. The molecular weight excluding hydrogens is 435 g/mol. The molecule has 0 spiro atoms. The summed E-state index contributed by atoms with van der Waals surface area (Å²) < 4.78 is 14.5. The second-order valence-corrected chi connectivity index (χ2v) is 8.65. The third kappa shape index (κ3) is 4.33. The van der Waals surface area contributed by atoms with Crippen molar-refractivity contribution in [3.8, 4) is 0 Å². The van der Waals surface area contributed by atoms with Gasteiger partial charge in [-0.05, 0) is 41.8 Å². The highest BCUT2D eigenvalue weighted by Gasteiger charge is 2.24. The van der Waals surface area contributed by atoms with Crippen LogP contribution in [-0.4, -0.2) is 64.4 Å². The average Bonchev–Trinajstić information content (AvgIpc) is 3.43. The molecule has 176 valence electrons. The molecule has 34 heavy (non-hydrogen) atoms. The molecule has 0 unspecified atom stereocenters. The van der Waals surface area contributed by atoms with Crippen LogP contribution in [0.3, 0.4) is 0 Å². The molecule has 9 heteroatoms. The molecule has 1 fully saturated rings. The van der Waals surface area contributed by atoms with Gasteiger partial charge in [-0.25, -0.2) is 9.37 Å². The highest BCUT2D eigenvalue weighted by atomic mass is 19.1. The Kier molecular flexibility index (Phi) is 5.91. The summed E-state index contributed by atoms with van der Waals surface area (Å²) >= 11 is 0. The number of piperazine rings is 1. The number of benzene rings is 1. The molecule has 2 amide bonds. The van der Waals surface area contributed by atoms with Gasteiger partial charge in [0.25, 0.3) is 0 Å². The highest BCUT2D eigenvalue weighted by molar-refractivity contribution is 5.94. The third-order valence-electron chi connectivity index (χ3n) is 6.44. The molecular formula is C25H27FN6O2. The molecule has 1 aliphatic rings. The fourth-order valence-electron chi connectivity index (χ4n) is 4.69. The van der Waals surface area contributed by atoms with Crippen molar-refractivity contribution < 1.29 is 14.0 Å². The zero-order valence-corrected chi connectivity index (χ0v) is 19.0. The number of rotatable bonds is 6. The predicted octanol–water partition coefficient (Wildman–Crippen LogP) is 2.75. The van der Waals surface area contributed by atoms with Crippen LogP contribution in [0.15, 0.2) is 42.9 Å². The van der Waals surface area contributed by atoms with Crippen LogP contribution in [0.25, 0.3) is 21.9 Å². The highest BCUT2D eigenvalue weighted by Crippen LogP contribution is 2.31. The Morgan fingerprint density at radius 2 is 1.88 bits per heavy atom. The number of aromatic nitrogens is 3. The Morgan fingerprint density at radius 1 is 1.09 bits per heavy atom. The van der Waals surface area contributed by atoms with Gasteiger partial charge in [0, 0.05) is 69.0 Å². The normalized spacial score (nSPS) is 14.2. The molecule has 1 saturated heterocycles. The van der Waals surface area contributed by atoms with E-state index in [0.717, 1.165) is 38.8 Å². The van der Waals surface area contributed by atoms with Crippen molar-refractivity contribution in [1.82, 2.24) is 25.2 Å². The first kappa shape index (κ1) is 21.9. The molecule has 8 nitrogen and oxygen atoms in total. The number of hydrogen-bond acceptors (Lipinski definition) is 4. The first-order valence-corrected chi connectivity index (χ1v) is 11.5. The number of halogens is 1. The summed E-state index contributed by atoms with van der Waals surface area (Å²) in [7, 11) is 0. The summed E-state index contributed by atoms with van der Waals surface area (Å²) in [4.78, 5) is 38.8. The maximum absolute atomic E-state index is 14.5. The number of carbonyl (C=O) groups is 2. The molecule has 0 radical (unpaired) electrons. The number of carbonyl (C=O) groups excluding carboxylic acids is 2. The lowest BCUT2D eigenvalue weighted by Crippen LogP contribution is -2.49. The van der Waals surface area contributed by atoms with E-state index in [1.165, 1.54) is 13.0 Å². The van der Waals surface area contributed by atoms with Crippen molar-refractivity contribution >= 4 is 39.4 Å². The Bertz CT molecular complexity index is 1350. The molecule has 0 atom stereocenters. The van der Waals surface area contributed by atoms with E-state index in [1.54, 1.807) is 12.3 Å². The summed E-state index contributed by atoms with van der Waals surface area (Å²) in [5, 5.41) is 4.58. The van der Waals surface area contributed by atoms with Crippen LogP contribution in [0.2, 0.25) is 0 Å². The SMILES string of the molecule is CC(=O)NCCc1c[nH]c2c(N3CCN(C(=O)Cc4c[nH]c5ncccc45)CC3)cc(F)cc12. The summed E-state index contributed by atoms with van der Waals surface area (Å²) in [6, 6.07) is 6.92. The lowest BCUT2D eigenvalue weighted by Gasteiger charge is -2.36. The van der Waals surface area contributed by atoms with Crippen LogP contribution in [0.5, 0.6) is 0 Å². The van der Waals surface area contributed by atoms with E-state index < -0.39 is 0 Å². The number of pyridine rings is 1. The van der Waals surface area contributed by atoms with Crippen molar-refractivity contribution in [2.24, 2.45) is 0 Å². The molecule has 3 N–H and O–H groups in total. The lowest BCUT2D eigenvalue weighted by molar-refractivity contribution is -0.130. The minimum absolute atomic E-state index is 0.0777. The van der Waals surface area contributed by atoms with Crippen molar-refractivity contribution in [2.45, 2.75) is 19.8 Å². The molecule has 1 aliphatic heterocycles. The summed E-state index contributed by atoms with van der Waals surface area (Å²) in [6.07, 6.45) is 6.40. The van der Waals surface area contributed by atoms with Crippen molar-refractivity contribution in [1.29, 1.82) is 0 Å². The first-order chi connectivity index (χ1) is 16.5. The van der Waals surface area contributed by atoms with Gasteiger partial charge in [0.1, 0.15) is 11.5 Å². The maximum Gasteiger partial charge on any atom is 0.227 e. The number of amides is 2. The molecule has 3 aromatic heterocycles. The van der Waals surface area contributed by atoms with Gasteiger partial charge in [-0.15, -0.1) is 0 Å². The van der Waals surface area contributed by atoms with E-state index >= 15 is 0 Å². The Labute approximate surface area is 196 Å². The molecule has 5 rings (SSSR count). The van der Waals surface area contributed by atoms with E-state index in [9.17, 15) is 14.0 Å². The number of fused-ring (bicyclic) bond motifs is 2. The van der Waals surface area contributed by atoms with E-state index in [-0.39, 0.29) is 17.6 Å². The van der Waals surface area contributed by atoms with E-state index in [0.29, 0.717) is 45.6 Å². The van der Waals surface area contributed by atoms with Gasteiger partial charge in [-0.2, -0.15) is 0 Å². The molecule has 1 aromatic carbocycles. The molecule has 0 saturated carbocycles. The molecule has 0 bridgehead atoms. The minimum atomic E-state index is -0.297.